The van der Waals surface area contributed by atoms with Gasteiger partial charge in [-0.1, -0.05) is 6.07 Å². The zero-order valence-corrected chi connectivity index (χ0v) is 10.6. The van der Waals surface area contributed by atoms with Gasteiger partial charge in [0.05, 0.1) is 10.8 Å². The Labute approximate surface area is 111 Å². The number of hydrogen-bond acceptors (Lipinski definition) is 3. The van der Waals surface area contributed by atoms with E-state index in [9.17, 15) is 4.39 Å². The van der Waals surface area contributed by atoms with E-state index >= 15 is 0 Å². The summed E-state index contributed by atoms with van der Waals surface area (Å²) in [5.41, 5.74) is 0.949. The number of hydrogen-bond donors (Lipinski definition) is 0. The van der Waals surface area contributed by atoms with Gasteiger partial charge in [0.1, 0.15) is 18.0 Å². The molecule has 2 aromatic rings. The van der Waals surface area contributed by atoms with Crippen molar-refractivity contribution in [2.45, 2.75) is 6.54 Å². The highest BCUT2D eigenvalue weighted by Crippen LogP contribution is 2.17. The number of aromatic nitrogens is 2. The lowest BCUT2D eigenvalue weighted by molar-refractivity contribution is 0.616. The first-order valence-electron chi connectivity index (χ1n) is 4.95. The molecule has 1 heterocycles. The van der Waals surface area contributed by atoms with Crippen LogP contribution in [0.5, 0.6) is 0 Å². The van der Waals surface area contributed by atoms with Gasteiger partial charge in [-0.2, -0.15) is 10.5 Å². The number of benzene rings is 1. The first-order valence-corrected chi connectivity index (χ1v) is 5.74. The number of nitrogens with zero attached hydrogens (tertiary/aromatic N) is 4. The summed E-state index contributed by atoms with van der Waals surface area (Å²) in [6, 6.07) is 8.46. The summed E-state index contributed by atoms with van der Waals surface area (Å²) in [4.78, 5) is 3.82. The summed E-state index contributed by atoms with van der Waals surface area (Å²) in [5, 5.41) is 17.7. The van der Waals surface area contributed by atoms with Gasteiger partial charge >= 0.3 is 0 Å². The Morgan fingerprint density at radius 1 is 1.33 bits per heavy atom. The van der Waals surface area contributed by atoms with Gasteiger partial charge in [-0.05, 0) is 33.6 Å². The molecule has 0 atom stereocenters. The molecule has 0 amide bonds. The molecule has 88 valence electrons. The second-order valence-corrected chi connectivity index (χ2v) is 4.40. The highest BCUT2D eigenvalue weighted by atomic mass is 79.9. The van der Waals surface area contributed by atoms with E-state index in [1.807, 2.05) is 12.1 Å². The van der Waals surface area contributed by atoms with Crippen molar-refractivity contribution in [1.82, 2.24) is 9.55 Å². The van der Waals surface area contributed by atoms with Crippen LogP contribution in [0.3, 0.4) is 0 Å². The highest BCUT2D eigenvalue weighted by molar-refractivity contribution is 9.10. The van der Waals surface area contributed by atoms with E-state index in [1.165, 1.54) is 17.0 Å². The fourth-order valence-corrected chi connectivity index (χ4v) is 1.78. The molecule has 0 radical (unpaired) electrons. The molecule has 1 aromatic carbocycles. The van der Waals surface area contributed by atoms with Crippen LogP contribution < -0.4 is 0 Å². The van der Waals surface area contributed by atoms with Crippen LogP contribution in [0.1, 0.15) is 17.0 Å². The summed E-state index contributed by atoms with van der Waals surface area (Å²) in [6.45, 7) is 0.293. The molecule has 0 aliphatic heterocycles. The summed E-state index contributed by atoms with van der Waals surface area (Å²) in [5.74, 6) is -0.369. The van der Waals surface area contributed by atoms with Crippen molar-refractivity contribution < 1.29 is 4.39 Å². The molecule has 6 heteroatoms. The molecule has 18 heavy (non-hydrogen) atoms. The molecular formula is C12H6BrFN4. The third-order valence-corrected chi connectivity index (χ3v) is 3.03. The summed E-state index contributed by atoms with van der Waals surface area (Å²) in [6.07, 6.45) is 1.40. The topological polar surface area (TPSA) is 65.4 Å². The highest BCUT2D eigenvalue weighted by Gasteiger charge is 2.10. The number of nitriles is 2. The first kappa shape index (κ1) is 12.3. The molecule has 0 aliphatic carbocycles. The largest absolute Gasteiger partial charge is 0.317 e. The molecule has 0 spiro atoms. The zero-order valence-electron chi connectivity index (χ0n) is 9.06. The van der Waals surface area contributed by atoms with E-state index in [0.29, 0.717) is 16.6 Å². The Balaban J connectivity index is 2.35. The maximum atomic E-state index is 13.3. The van der Waals surface area contributed by atoms with Gasteiger partial charge in [-0.3, -0.25) is 0 Å². The molecular weight excluding hydrogens is 299 g/mol. The van der Waals surface area contributed by atoms with E-state index in [0.717, 1.165) is 0 Å². The Morgan fingerprint density at radius 3 is 2.72 bits per heavy atom. The van der Waals surface area contributed by atoms with E-state index < -0.39 is 0 Å². The standard InChI is InChI=1S/C12H6BrFN4/c13-9-2-1-8(3-10(9)14)6-18-7-17-11(4-15)12(18)5-16/h1-3,7H,6H2. The van der Waals surface area contributed by atoms with Crippen molar-refractivity contribution in [2.24, 2.45) is 0 Å². The van der Waals surface area contributed by atoms with Gasteiger partial charge in [-0.15, -0.1) is 0 Å². The summed E-state index contributed by atoms with van der Waals surface area (Å²) < 4.78 is 15.2. The number of imidazole rings is 1. The van der Waals surface area contributed by atoms with Crippen LogP contribution in [0.25, 0.3) is 0 Å². The lowest BCUT2D eigenvalue weighted by Gasteiger charge is -2.04. The van der Waals surface area contributed by atoms with Gasteiger partial charge < -0.3 is 4.57 Å². The Bertz CT molecular complexity index is 678. The fraction of sp³-hybridized carbons (Fsp3) is 0.0833. The Morgan fingerprint density at radius 2 is 2.11 bits per heavy atom. The monoisotopic (exact) mass is 304 g/mol. The average molecular weight is 305 g/mol. The SMILES string of the molecule is N#Cc1ncn(Cc2ccc(Br)c(F)c2)c1C#N. The second kappa shape index (κ2) is 4.99. The maximum Gasteiger partial charge on any atom is 0.176 e. The Kier molecular flexibility index (Phi) is 3.40. The van der Waals surface area contributed by atoms with Crippen LogP contribution in [-0.4, -0.2) is 9.55 Å². The first-order chi connectivity index (χ1) is 8.65. The third kappa shape index (κ3) is 2.24. The molecule has 0 fully saturated rings. The zero-order chi connectivity index (χ0) is 13.1. The van der Waals surface area contributed by atoms with Crippen molar-refractivity contribution in [3.8, 4) is 12.1 Å². The molecule has 2 rings (SSSR count). The maximum absolute atomic E-state index is 13.3. The van der Waals surface area contributed by atoms with Gasteiger partial charge in [0.25, 0.3) is 0 Å². The molecule has 0 unspecified atom stereocenters. The van der Waals surface area contributed by atoms with E-state index in [-0.39, 0.29) is 17.2 Å². The van der Waals surface area contributed by atoms with Crippen molar-refractivity contribution in [2.75, 3.05) is 0 Å². The normalized spacial score (nSPS) is 9.78. The van der Waals surface area contributed by atoms with Crippen LogP contribution in [0.4, 0.5) is 4.39 Å². The minimum Gasteiger partial charge on any atom is -0.317 e. The van der Waals surface area contributed by atoms with Crippen molar-refractivity contribution >= 4 is 15.9 Å². The number of halogens is 2. The molecule has 0 bridgehead atoms. The van der Waals surface area contributed by atoms with Crippen LogP contribution in [-0.2, 0) is 6.54 Å². The van der Waals surface area contributed by atoms with Crippen LogP contribution in [0, 0.1) is 28.5 Å². The van der Waals surface area contributed by atoms with E-state index in [1.54, 1.807) is 12.1 Å². The minimum atomic E-state index is -0.369. The average Bonchev–Trinajstić information content (AvgIpc) is 2.75. The third-order valence-electron chi connectivity index (χ3n) is 2.39. The van der Waals surface area contributed by atoms with Gasteiger partial charge in [-0.25, -0.2) is 9.37 Å². The smallest absolute Gasteiger partial charge is 0.176 e. The minimum absolute atomic E-state index is 0.0788. The predicted molar refractivity (Wildman–Crippen MR) is 64.9 cm³/mol. The summed E-state index contributed by atoms with van der Waals surface area (Å²) >= 11 is 3.07. The van der Waals surface area contributed by atoms with Crippen molar-refractivity contribution in [3.05, 3.63) is 51.8 Å². The molecule has 4 nitrogen and oxygen atoms in total. The lowest BCUT2D eigenvalue weighted by Crippen LogP contribution is -2.02. The fourth-order valence-electron chi connectivity index (χ4n) is 1.54. The lowest BCUT2D eigenvalue weighted by atomic mass is 10.2. The van der Waals surface area contributed by atoms with Crippen molar-refractivity contribution in [3.63, 3.8) is 0 Å². The molecule has 0 N–H and O–H groups in total. The molecule has 0 saturated heterocycles. The Hall–Kier alpha value is -2.18. The molecule has 1 aromatic heterocycles. The molecule has 0 saturated carbocycles. The van der Waals surface area contributed by atoms with Gasteiger partial charge in [0.2, 0.25) is 0 Å². The van der Waals surface area contributed by atoms with Crippen LogP contribution >= 0.6 is 15.9 Å². The second-order valence-electron chi connectivity index (χ2n) is 3.54. The molecule has 0 aliphatic rings. The van der Waals surface area contributed by atoms with E-state index in [4.69, 9.17) is 10.5 Å². The number of rotatable bonds is 2. The van der Waals surface area contributed by atoms with Crippen molar-refractivity contribution in [1.29, 1.82) is 10.5 Å². The quantitative estimate of drug-likeness (QED) is 0.856. The van der Waals surface area contributed by atoms with Crippen LogP contribution in [0.2, 0.25) is 0 Å². The van der Waals surface area contributed by atoms with Gasteiger partial charge in [0.15, 0.2) is 11.4 Å². The van der Waals surface area contributed by atoms with Gasteiger partial charge in [0, 0.05) is 6.54 Å². The van der Waals surface area contributed by atoms with Crippen LogP contribution in [0.15, 0.2) is 29.0 Å². The predicted octanol–water partition coefficient (Wildman–Crippen LogP) is 2.58. The van der Waals surface area contributed by atoms with E-state index in [2.05, 4.69) is 20.9 Å². The summed E-state index contributed by atoms with van der Waals surface area (Å²) in [7, 11) is 0.